The highest BCUT2D eigenvalue weighted by atomic mass is 19.1. The van der Waals surface area contributed by atoms with E-state index in [-0.39, 0.29) is 0 Å². The lowest BCUT2D eigenvalue weighted by atomic mass is 9.79. The Morgan fingerprint density at radius 2 is 1.67 bits per heavy atom. The number of hydrogen-bond donors (Lipinski definition) is 0. The van der Waals surface area contributed by atoms with Crippen molar-refractivity contribution in [2.45, 2.75) is 44.6 Å². The molecule has 1 aliphatic rings. The first-order chi connectivity index (χ1) is 8.52. The third kappa shape index (κ3) is 2.68. The monoisotopic (exact) mass is 254 g/mol. The molecule has 0 saturated heterocycles. The van der Waals surface area contributed by atoms with Crippen molar-refractivity contribution in [3.05, 3.63) is 35.4 Å². The molecule has 0 radical (unpaired) electrons. The van der Waals surface area contributed by atoms with Gasteiger partial charge in [-0.1, -0.05) is 6.42 Å². The smallest absolute Gasteiger partial charge is 0.303 e. The van der Waals surface area contributed by atoms with Crippen molar-refractivity contribution in [3.63, 3.8) is 0 Å². The lowest BCUT2D eigenvalue weighted by Crippen LogP contribution is -2.34. The van der Waals surface area contributed by atoms with Crippen molar-refractivity contribution in [1.82, 2.24) is 0 Å². The van der Waals surface area contributed by atoms with Gasteiger partial charge in [-0.2, -0.15) is 0 Å². The van der Waals surface area contributed by atoms with Gasteiger partial charge in [-0.05, 0) is 37.8 Å². The number of halogens is 2. The van der Waals surface area contributed by atoms with Gasteiger partial charge in [0.05, 0.1) is 0 Å². The molecule has 0 aromatic heterocycles. The van der Waals surface area contributed by atoms with E-state index in [4.69, 9.17) is 4.74 Å². The van der Waals surface area contributed by atoms with Gasteiger partial charge in [0.25, 0.3) is 0 Å². The molecule has 18 heavy (non-hydrogen) atoms. The third-order valence-corrected chi connectivity index (χ3v) is 3.39. The van der Waals surface area contributed by atoms with Crippen LogP contribution in [-0.4, -0.2) is 5.97 Å². The van der Waals surface area contributed by atoms with E-state index in [2.05, 4.69) is 0 Å². The maximum absolute atomic E-state index is 13.3. The van der Waals surface area contributed by atoms with Gasteiger partial charge in [-0.15, -0.1) is 0 Å². The van der Waals surface area contributed by atoms with Crippen molar-refractivity contribution in [2.75, 3.05) is 0 Å². The molecule has 1 saturated carbocycles. The molecule has 98 valence electrons. The van der Waals surface area contributed by atoms with Gasteiger partial charge in [-0.3, -0.25) is 4.79 Å². The molecule has 4 heteroatoms. The molecule has 0 atom stereocenters. The van der Waals surface area contributed by atoms with E-state index in [1.165, 1.54) is 19.1 Å². The fourth-order valence-electron chi connectivity index (χ4n) is 2.66. The molecule has 2 rings (SSSR count). The zero-order valence-electron chi connectivity index (χ0n) is 10.3. The van der Waals surface area contributed by atoms with Gasteiger partial charge in [-0.25, -0.2) is 8.78 Å². The second-order valence-corrected chi connectivity index (χ2v) is 4.81. The van der Waals surface area contributed by atoms with Crippen LogP contribution in [0.2, 0.25) is 0 Å². The van der Waals surface area contributed by atoms with E-state index in [1.807, 2.05) is 0 Å². The van der Waals surface area contributed by atoms with Crippen molar-refractivity contribution >= 4 is 5.97 Å². The van der Waals surface area contributed by atoms with E-state index in [9.17, 15) is 13.6 Å². The quantitative estimate of drug-likeness (QED) is 0.752. The molecule has 0 amide bonds. The molecule has 0 heterocycles. The highest BCUT2D eigenvalue weighted by Gasteiger charge is 2.37. The summed E-state index contributed by atoms with van der Waals surface area (Å²) in [7, 11) is 0. The lowest BCUT2D eigenvalue weighted by molar-refractivity contribution is -0.162. The molecule has 0 spiro atoms. The summed E-state index contributed by atoms with van der Waals surface area (Å²) in [5.74, 6) is -1.69. The van der Waals surface area contributed by atoms with Gasteiger partial charge in [0.2, 0.25) is 0 Å². The highest BCUT2D eigenvalue weighted by Crippen LogP contribution is 2.41. The Hall–Kier alpha value is -1.45. The minimum Gasteiger partial charge on any atom is -0.454 e. The Labute approximate surface area is 105 Å². The van der Waals surface area contributed by atoms with Crippen molar-refractivity contribution in [2.24, 2.45) is 0 Å². The summed E-state index contributed by atoms with van der Waals surface area (Å²) in [5.41, 5.74) is -0.428. The maximum Gasteiger partial charge on any atom is 0.303 e. The van der Waals surface area contributed by atoms with Crippen molar-refractivity contribution in [1.29, 1.82) is 0 Å². The van der Waals surface area contributed by atoms with E-state index in [0.29, 0.717) is 18.4 Å². The van der Waals surface area contributed by atoms with Gasteiger partial charge >= 0.3 is 5.97 Å². The summed E-state index contributed by atoms with van der Waals surface area (Å²) >= 11 is 0. The van der Waals surface area contributed by atoms with Crippen LogP contribution in [0.15, 0.2) is 18.2 Å². The zero-order valence-corrected chi connectivity index (χ0v) is 10.3. The number of benzene rings is 1. The topological polar surface area (TPSA) is 26.3 Å². The molecule has 0 aliphatic heterocycles. The number of hydrogen-bond acceptors (Lipinski definition) is 2. The Morgan fingerprint density at radius 1 is 1.11 bits per heavy atom. The van der Waals surface area contributed by atoms with Crippen LogP contribution in [0.25, 0.3) is 0 Å². The lowest BCUT2D eigenvalue weighted by Gasteiger charge is -2.37. The van der Waals surface area contributed by atoms with Crippen molar-refractivity contribution in [3.8, 4) is 0 Å². The normalized spacial score (nSPS) is 18.4. The number of carbonyl (C=O) groups excluding carboxylic acids is 1. The standard InChI is InChI=1S/C14H16F2O2/c1-10(17)18-14(5-3-2-4-6-14)11-7-12(15)9-13(16)8-11/h7-9H,2-6H2,1H3. The number of rotatable bonds is 2. The van der Waals surface area contributed by atoms with Gasteiger partial charge in [0.1, 0.15) is 17.2 Å². The second kappa shape index (κ2) is 5.04. The first-order valence-electron chi connectivity index (χ1n) is 6.18. The van der Waals surface area contributed by atoms with E-state index in [1.54, 1.807) is 0 Å². The summed E-state index contributed by atoms with van der Waals surface area (Å²) in [4.78, 5) is 11.3. The van der Waals surface area contributed by atoms with E-state index in [0.717, 1.165) is 25.3 Å². The highest BCUT2D eigenvalue weighted by molar-refractivity contribution is 5.66. The van der Waals surface area contributed by atoms with Crippen molar-refractivity contribution < 1.29 is 18.3 Å². The fraction of sp³-hybridized carbons (Fsp3) is 0.500. The number of carbonyl (C=O) groups is 1. The second-order valence-electron chi connectivity index (χ2n) is 4.81. The Balaban J connectivity index is 2.41. The summed E-state index contributed by atoms with van der Waals surface area (Å²) in [6, 6.07) is 3.35. The van der Waals surface area contributed by atoms with Crippen LogP contribution in [0.1, 0.15) is 44.6 Å². The van der Waals surface area contributed by atoms with Gasteiger partial charge in [0, 0.05) is 18.6 Å². The van der Waals surface area contributed by atoms with E-state index < -0.39 is 23.2 Å². The molecule has 0 unspecified atom stereocenters. The fourth-order valence-corrected chi connectivity index (χ4v) is 2.66. The van der Waals surface area contributed by atoms with Gasteiger partial charge in [0.15, 0.2) is 0 Å². The molecule has 1 fully saturated rings. The molecule has 0 bridgehead atoms. The molecule has 1 aromatic carbocycles. The third-order valence-electron chi connectivity index (χ3n) is 3.39. The largest absolute Gasteiger partial charge is 0.454 e. The first-order valence-corrected chi connectivity index (χ1v) is 6.18. The van der Waals surface area contributed by atoms with Crippen LogP contribution in [0.5, 0.6) is 0 Å². The molecular weight excluding hydrogens is 238 g/mol. The molecule has 0 N–H and O–H groups in total. The minimum absolute atomic E-state index is 0.415. The average molecular weight is 254 g/mol. The van der Waals surface area contributed by atoms with Crippen LogP contribution in [0, 0.1) is 11.6 Å². The Bertz CT molecular complexity index is 431. The number of ether oxygens (including phenoxy) is 1. The predicted molar refractivity (Wildman–Crippen MR) is 62.9 cm³/mol. The maximum atomic E-state index is 13.3. The van der Waals surface area contributed by atoms with Crippen LogP contribution in [-0.2, 0) is 15.1 Å². The summed E-state index contributed by atoms with van der Waals surface area (Å²) in [6.07, 6.45) is 4.09. The van der Waals surface area contributed by atoms with E-state index >= 15 is 0 Å². The predicted octanol–water partition coefficient (Wildman–Crippen LogP) is 3.69. The van der Waals surface area contributed by atoms with Gasteiger partial charge < -0.3 is 4.74 Å². The summed E-state index contributed by atoms with van der Waals surface area (Å²) in [6.45, 7) is 1.33. The SMILES string of the molecule is CC(=O)OC1(c2cc(F)cc(F)c2)CCCCC1. The summed E-state index contributed by atoms with van der Waals surface area (Å²) < 4.78 is 32.0. The average Bonchev–Trinajstić information content (AvgIpc) is 2.28. The molecule has 1 aromatic rings. The summed E-state index contributed by atoms with van der Waals surface area (Å²) in [5, 5.41) is 0. The Morgan fingerprint density at radius 3 is 2.17 bits per heavy atom. The molecule has 2 nitrogen and oxygen atoms in total. The zero-order chi connectivity index (χ0) is 13.2. The van der Waals surface area contributed by atoms with Crippen LogP contribution < -0.4 is 0 Å². The van der Waals surface area contributed by atoms with Crippen LogP contribution >= 0.6 is 0 Å². The first kappa shape index (κ1) is 13.0. The Kier molecular flexibility index (Phi) is 3.64. The number of esters is 1. The van der Waals surface area contributed by atoms with Crippen LogP contribution in [0.4, 0.5) is 8.78 Å². The molecule has 1 aliphatic carbocycles. The van der Waals surface area contributed by atoms with Crippen LogP contribution in [0.3, 0.4) is 0 Å². The minimum atomic E-state index is -0.854. The molecular formula is C14H16F2O2.